The lowest BCUT2D eigenvalue weighted by Gasteiger charge is -2.09. The summed E-state index contributed by atoms with van der Waals surface area (Å²) in [6.45, 7) is 2.55. The molecule has 114 valence electrons. The van der Waals surface area contributed by atoms with Crippen LogP contribution in [0.1, 0.15) is 29.3 Å². The Kier molecular flexibility index (Phi) is 5.54. The molecule has 0 aliphatic rings. The van der Waals surface area contributed by atoms with Gasteiger partial charge in [-0.1, -0.05) is 31.2 Å². The highest BCUT2D eigenvalue weighted by Crippen LogP contribution is 2.18. The first-order chi connectivity index (χ1) is 10.7. The predicted octanol–water partition coefficient (Wildman–Crippen LogP) is 2.94. The SMILES string of the molecule is CCCOc1ccccc1C(=O)N/N=C/c1ccccc1O. The Bertz CT molecular complexity index is 668. The molecule has 0 saturated heterocycles. The summed E-state index contributed by atoms with van der Waals surface area (Å²) in [5.41, 5.74) is 3.38. The molecule has 5 nitrogen and oxygen atoms in total. The molecule has 2 aromatic rings. The van der Waals surface area contributed by atoms with Crippen LogP contribution in [0, 0.1) is 0 Å². The summed E-state index contributed by atoms with van der Waals surface area (Å²) in [6, 6.07) is 13.7. The minimum absolute atomic E-state index is 0.104. The zero-order valence-corrected chi connectivity index (χ0v) is 12.3. The van der Waals surface area contributed by atoms with E-state index in [-0.39, 0.29) is 11.7 Å². The van der Waals surface area contributed by atoms with Crippen LogP contribution in [0.2, 0.25) is 0 Å². The molecule has 22 heavy (non-hydrogen) atoms. The first kappa shape index (κ1) is 15.6. The Labute approximate surface area is 129 Å². The van der Waals surface area contributed by atoms with Crippen LogP contribution in [-0.4, -0.2) is 23.8 Å². The zero-order chi connectivity index (χ0) is 15.8. The van der Waals surface area contributed by atoms with Gasteiger partial charge in [0.05, 0.1) is 18.4 Å². The van der Waals surface area contributed by atoms with E-state index in [0.29, 0.717) is 23.5 Å². The van der Waals surface area contributed by atoms with Crippen LogP contribution >= 0.6 is 0 Å². The third-order valence-corrected chi connectivity index (χ3v) is 2.90. The van der Waals surface area contributed by atoms with Gasteiger partial charge in [0.2, 0.25) is 0 Å². The molecule has 0 radical (unpaired) electrons. The molecule has 0 unspecified atom stereocenters. The number of carbonyl (C=O) groups is 1. The number of rotatable bonds is 6. The summed E-state index contributed by atoms with van der Waals surface area (Å²) in [5.74, 6) is 0.269. The maximum Gasteiger partial charge on any atom is 0.275 e. The fraction of sp³-hybridized carbons (Fsp3) is 0.176. The van der Waals surface area contributed by atoms with Crippen molar-refractivity contribution < 1.29 is 14.6 Å². The number of para-hydroxylation sites is 2. The molecule has 5 heteroatoms. The third kappa shape index (κ3) is 4.09. The first-order valence-electron chi connectivity index (χ1n) is 7.05. The fourth-order valence-electron chi connectivity index (χ4n) is 1.81. The monoisotopic (exact) mass is 298 g/mol. The number of benzene rings is 2. The number of hydrogen-bond acceptors (Lipinski definition) is 4. The summed E-state index contributed by atoms with van der Waals surface area (Å²) in [5, 5.41) is 13.5. The van der Waals surface area contributed by atoms with Gasteiger partial charge >= 0.3 is 0 Å². The van der Waals surface area contributed by atoms with Gasteiger partial charge in [-0.2, -0.15) is 5.10 Å². The standard InChI is InChI=1S/C17H18N2O3/c1-2-11-22-16-10-6-4-8-14(16)17(21)19-18-12-13-7-3-5-9-15(13)20/h3-10,12,20H,2,11H2,1H3,(H,19,21)/b18-12+. The average Bonchev–Trinajstić information content (AvgIpc) is 2.55. The minimum Gasteiger partial charge on any atom is -0.507 e. The highest BCUT2D eigenvalue weighted by atomic mass is 16.5. The van der Waals surface area contributed by atoms with Gasteiger partial charge in [0, 0.05) is 5.56 Å². The van der Waals surface area contributed by atoms with Crippen molar-refractivity contribution in [1.29, 1.82) is 0 Å². The third-order valence-electron chi connectivity index (χ3n) is 2.90. The molecule has 0 saturated carbocycles. The molecule has 0 aliphatic heterocycles. The van der Waals surface area contributed by atoms with E-state index in [9.17, 15) is 9.90 Å². The number of hydrazone groups is 1. The van der Waals surface area contributed by atoms with Crippen molar-refractivity contribution in [1.82, 2.24) is 5.43 Å². The number of ether oxygens (including phenoxy) is 1. The Balaban J connectivity index is 2.05. The van der Waals surface area contributed by atoms with Crippen molar-refractivity contribution in [2.45, 2.75) is 13.3 Å². The highest BCUT2D eigenvalue weighted by molar-refractivity contribution is 5.97. The molecule has 0 aromatic heterocycles. The lowest BCUT2D eigenvalue weighted by molar-refractivity contribution is 0.0951. The van der Waals surface area contributed by atoms with Crippen LogP contribution in [0.25, 0.3) is 0 Å². The second kappa shape index (κ2) is 7.83. The van der Waals surface area contributed by atoms with E-state index in [0.717, 1.165) is 6.42 Å². The van der Waals surface area contributed by atoms with Gasteiger partial charge in [-0.25, -0.2) is 5.43 Å². The van der Waals surface area contributed by atoms with E-state index in [1.54, 1.807) is 42.5 Å². The summed E-state index contributed by atoms with van der Waals surface area (Å²) in [6.07, 6.45) is 2.25. The Morgan fingerprint density at radius 1 is 1.23 bits per heavy atom. The lowest BCUT2D eigenvalue weighted by atomic mass is 10.2. The van der Waals surface area contributed by atoms with Crippen LogP contribution in [0.5, 0.6) is 11.5 Å². The second-order valence-electron chi connectivity index (χ2n) is 4.60. The molecule has 1 amide bonds. The number of amides is 1. The molecule has 2 N–H and O–H groups in total. The molecule has 0 fully saturated rings. The van der Waals surface area contributed by atoms with E-state index >= 15 is 0 Å². The quantitative estimate of drug-likeness (QED) is 0.636. The van der Waals surface area contributed by atoms with E-state index in [1.165, 1.54) is 6.21 Å². The molecule has 0 spiro atoms. The molecule has 2 aromatic carbocycles. The largest absolute Gasteiger partial charge is 0.507 e. The summed E-state index contributed by atoms with van der Waals surface area (Å²) in [7, 11) is 0. The van der Waals surface area contributed by atoms with Crippen molar-refractivity contribution in [3.8, 4) is 11.5 Å². The smallest absolute Gasteiger partial charge is 0.275 e. The molecule has 2 rings (SSSR count). The summed E-state index contributed by atoms with van der Waals surface area (Å²) >= 11 is 0. The molecule has 0 aliphatic carbocycles. The number of aromatic hydroxyl groups is 1. The number of nitrogens with one attached hydrogen (secondary N) is 1. The molecular weight excluding hydrogens is 280 g/mol. The zero-order valence-electron chi connectivity index (χ0n) is 12.3. The van der Waals surface area contributed by atoms with Crippen molar-refractivity contribution in [3.63, 3.8) is 0 Å². The number of nitrogens with zero attached hydrogens (tertiary/aromatic N) is 1. The van der Waals surface area contributed by atoms with Gasteiger partial charge in [0.1, 0.15) is 11.5 Å². The summed E-state index contributed by atoms with van der Waals surface area (Å²) in [4.78, 5) is 12.1. The van der Waals surface area contributed by atoms with Gasteiger partial charge in [-0.05, 0) is 30.7 Å². The molecule has 0 atom stereocenters. The Morgan fingerprint density at radius 3 is 2.73 bits per heavy atom. The van der Waals surface area contributed by atoms with Crippen LogP contribution in [0.3, 0.4) is 0 Å². The number of carbonyl (C=O) groups excluding carboxylic acids is 1. The molecular formula is C17H18N2O3. The normalized spacial score (nSPS) is 10.6. The number of hydrogen-bond donors (Lipinski definition) is 2. The maximum atomic E-state index is 12.1. The Morgan fingerprint density at radius 2 is 1.95 bits per heavy atom. The topological polar surface area (TPSA) is 70.9 Å². The van der Waals surface area contributed by atoms with E-state index < -0.39 is 0 Å². The van der Waals surface area contributed by atoms with Gasteiger partial charge < -0.3 is 9.84 Å². The predicted molar refractivity (Wildman–Crippen MR) is 85.4 cm³/mol. The van der Waals surface area contributed by atoms with Crippen molar-refractivity contribution in [2.75, 3.05) is 6.61 Å². The van der Waals surface area contributed by atoms with Gasteiger partial charge in [-0.15, -0.1) is 0 Å². The van der Waals surface area contributed by atoms with Crippen LogP contribution < -0.4 is 10.2 Å². The van der Waals surface area contributed by atoms with Crippen LogP contribution in [0.4, 0.5) is 0 Å². The van der Waals surface area contributed by atoms with Crippen LogP contribution in [0.15, 0.2) is 53.6 Å². The van der Waals surface area contributed by atoms with E-state index in [4.69, 9.17) is 4.74 Å². The average molecular weight is 298 g/mol. The van der Waals surface area contributed by atoms with Crippen molar-refractivity contribution >= 4 is 12.1 Å². The minimum atomic E-state index is -0.363. The Hall–Kier alpha value is -2.82. The number of phenolic OH excluding ortho intramolecular Hbond substituents is 1. The van der Waals surface area contributed by atoms with Crippen molar-refractivity contribution in [2.24, 2.45) is 5.10 Å². The van der Waals surface area contributed by atoms with Gasteiger partial charge in [0.25, 0.3) is 5.91 Å². The first-order valence-corrected chi connectivity index (χ1v) is 7.05. The van der Waals surface area contributed by atoms with Gasteiger partial charge in [0.15, 0.2) is 0 Å². The molecule has 0 bridgehead atoms. The van der Waals surface area contributed by atoms with E-state index in [2.05, 4.69) is 10.5 Å². The highest BCUT2D eigenvalue weighted by Gasteiger charge is 2.10. The van der Waals surface area contributed by atoms with Gasteiger partial charge in [-0.3, -0.25) is 4.79 Å². The van der Waals surface area contributed by atoms with E-state index in [1.807, 2.05) is 13.0 Å². The second-order valence-corrected chi connectivity index (χ2v) is 4.60. The van der Waals surface area contributed by atoms with Crippen molar-refractivity contribution in [3.05, 3.63) is 59.7 Å². The lowest BCUT2D eigenvalue weighted by Crippen LogP contribution is -2.18. The maximum absolute atomic E-state index is 12.1. The summed E-state index contributed by atoms with van der Waals surface area (Å²) < 4.78 is 5.54. The fourth-order valence-corrected chi connectivity index (χ4v) is 1.81. The van der Waals surface area contributed by atoms with Crippen LogP contribution in [-0.2, 0) is 0 Å². The number of phenols is 1. The molecule has 0 heterocycles.